The third-order valence-corrected chi connectivity index (χ3v) is 3.50. The molecular formula is C15H15ClN2O2. The summed E-state index contributed by atoms with van der Waals surface area (Å²) in [5.41, 5.74) is 1.32. The number of aliphatic hydroxyl groups is 1. The molecule has 104 valence electrons. The Morgan fingerprint density at radius 1 is 1.45 bits per heavy atom. The summed E-state index contributed by atoms with van der Waals surface area (Å²) in [7, 11) is 0. The number of aliphatic hydroxyl groups excluding tert-OH is 1. The number of fused-ring (bicyclic) bond motifs is 1. The van der Waals surface area contributed by atoms with Crippen LogP contribution in [0.5, 0.6) is 0 Å². The van der Waals surface area contributed by atoms with Gasteiger partial charge in [-0.2, -0.15) is 5.10 Å². The summed E-state index contributed by atoms with van der Waals surface area (Å²) in [4.78, 5) is 0. The van der Waals surface area contributed by atoms with Crippen molar-refractivity contribution in [3.63, 3.8) is 0 Å². The van der Waals surface area contributed by atoms with Gasteiger partial charge in [-0.3, -0.25) is 4.68 Å². The van der Waals surface area contributed by atoms with Crippen molar-refractivity contribution in [3.05, 3.63) is 53.0 Å². The Balaban J connectivity index is 1.94. The lowest BCUT2D eigenvalue weighted by Gasteiger charge is -2.03. The molecule has 0 spiro atoms. The van der Waals surface area contributed by atoms with E-state index in [1.165, 1.54) is 0 Å². The van der Waals surface area contributed by atoms with Crippen LogP contribution >= 0.6 is 11.6 Å². The van der Waals surface area contributed by atoms with Gasteiger partial charge in [-0.15, -0.1) is 0 Å². The first kappa shape index (κ1) is 13.2. The molecule has 0 amide bonds. The maximum Gasteiger partial charge on any atom is 0.153 e. The second-order valence-corrected chi connectivity index (χ2v) is 5.15. The Bertz CT molecular complexity index is 732. The van der Waals surface area contributed by atoms with E-state index in [1.807, 2.05) is 29.1 Å². The van der Waals surface area contributed by atoms with Crippen LogP contribution in [0.15, 0.2) is 41.1 Å². The molecule has 2 heterocycles. The maximum atomic E-state index is 10.4. The maximum absolute atomic E-state index is 10.4. The van der Waals surface area contributed by atoms with Crippen LogP contribution in [0.25, 0.3) is 11.0 Å². The average Bonchev–Trinajstić information content (AvgIpc) is 3.05. The normalized spacial score (nSPS) is 12.9. The van der Waals surface area contributed by atoms with Crippen LogP contribution in [0.1, 0.15) is 30.8 Å². The van der Waals surface area contributed by atoms with Crippen molar-refractivity contribution in [2.75, 3.05) is 0 Å². The molecule has 1 unspecified atom stereocenters. The van der Waals surface area contributed by atoms with Gasteiger partial charge >= 0.3 is 0 Å². The Kier molecular flexibility index (Phi) is 3.51. The Morgan fingerprint density at radius 2 is 2.30 bits per heavy atom. The summed E-state index contributed by atoms with van der Waals surface area (Å²) < 4.78 is 7.48. The van der Waals surface area contributed by atoms with Gasteiger partial charge < -0.3 is 9.52 Å². The van der Waals surface area contributed by atoms with Crippen molar-refractivity contribution in [2.45, 2.75) is 26.0 Å². The van der Waals surface area contributed by atoms with Crippen LogP contribution in [0.2, 0.25) is 5.02 Å². The quantitative estimate of drug-likeness (QED) is 0.795. The highest BCUT2D eigenvalue weighted by Crippen LogP contribution is 2.31. The summed E-state index contributed by atoms with van der Waals surface area (Å²) in [6, 6.07) is 7.34. The van der Waals surface area contributed by atoms with Gasteiger partial charge in [0.15, 0.2) is 5.58 Å². The number of nitrogens with zero attached hydrogens (tertiary/aromatic N) is 2. The van der Waals surface area contributed by atoms with Crippen molar-refractivity contribution in [3.8, 4) is 0 Å². The van der Waals surface area contributed by atoms with Crippen LogP contribution < -0.4 is 0 Å². The lowest BCUT2D eigenvalue weighted by atomic mass is 10.1. The highest BCUT2D eigenvalue weighted by atomic mass is 35.5. The van der Waals surface area contributed by atoms with E-state index in [2.05, 4.69) is 12.0 Å². The van der Waals surface area contributed by atoms with Crippen molar-refractivity contribution in [1.82, 2.24) is 9.78 Å². The van der Waals surface area contributed by atoms with Crippen LogP contribution in [0, 0.1) is 0 Å². The molecule has 5 heteroatoms. The van der Waals surface area contributed by atoms with Gasteiger partial charge in [0.2, 0.25) is 0 Å². The molecule has 0 aliphatic carbocycles. The van der Waals surface area contributed by atoms with Crippen LogP contribution in [0.4, 0.5) is 0 Å². The third-order valence-electron chi connectivity index (χ3n) is 3.21. The molecule has 1 N–H and O–H groups in total. The zero-order chi connectivity index (χ0) is 14.1. The number of rotatable bonds is 4. The molecule has 0 aliphatic rings. The SMILES string of the molecule is CCCn1cc(C(O)c2cc3cccc(Cl)c3o2)cn1. The molecule has 3 rings (SSSR count). The lowest BCUT2D eigenvalue weighted by Crippen LogP contribution is -1.98. The second kappa shape index (κ2) is 5.31. The average molecular weight is 291 g/mol. The molecule has 20 heavy (non-hydrogen) atoms. The standard InChI is InChI=1S/C15H15ClN2O2/c1-2-6-18-9-11(8-17-18)14(19)13-7-10-4-3-5-12(16)15(10)20-13/h3-5,7-9,14,19H,2,6H2,1H3. The minimum Gasteiger partial charge on any atom is -0.456 e. The summed E-state index contributed by atoms with van der Waals surface area (Å²) in [6.45, 7) is 2.91. The summed E-state index contributed by atoms with van der Waals surface area (Å²) in [5, 5.41) is 16.0. The van der Waals surface area contributed by atoms with Gasteiger partial charge in [0.25, 0.3) is 0 Å². The van der Waals surface area contributed by atoms with Gasteiger partial charge in [-0.1, -0.05) is 30.7 Å². The third kappa shape index (κ3) is 2.32. The first-order chi connectivity index (χ1) is 9.69. The van der Waals surface area contributed by atoms with Gasteiger partial charge in [-0.25, -0.2) is 0 Å². The van der Waals surface area contributed by atoms with Crippen molar-refractivity contribution in [1.29, 1.82) is 0 Å². The van der Waals surface area contributed by atoms with Crippen LogP contribution in [-0.4, -0.2) is 14.9 Å². The number of halogens is 1. The van der Waals surface area contributed by atoms with E-state index in [0.717, 1.165) is 18.4 Å². The lowest BCUT2D eigenvalue weighted by molar-refractivity contribution is 0.192. The zero-order valence-electron chi connectivity index (χ0n) is 11.1. The van der Waals surface area contributed by atoms with E-state index in [1.54, 1.807) is 12.3 Å². The number of para-hydroxylation sites is 1. The molecule has 3 aromatic rings. The molecule has 0 aliphatic heterocycles. The molecular weight excluding hydrogens is 276 g/mol. The van der Waals surface area contributed by atoms with E-state index in [9.17, 15) is 5.11 Å². The van der Waals surface area contributed by atoms with E-state index in [0.29, 0.717) is 21.9 Å². The summed E-state index contributed by atoms with van der Waals surface area (Å²) >= 11 is 6.07. The molecule has 2 aromatic heterocycles. The van der Waals surface area contributed by atoms with Crippen molar-refractivity contribution < 1.29 is 9.52 Å². The molecule has 0 fully saturated rings. The zero-order valence-corrected chi connectivity index (χ0v) is 11.8. The number of furan rings is 1. The molecule has 1 atom stereocenters. The molecule has 1 aromatic carbocycles. The van der Waals surface area contributed by atoms with E-state index >= 15 is 0 Å². The van der Waals surface area contributed by atoms with Gasteiger partial charge in [0.05, 0.1) is 11.2 Å². The summed E-state index contributed by atoms with van der Waals surface area (Å²) in [6.07, 6.45) is 3.67. The molecule has 4 nitrogen and oxygen atoms in total. The highest BCUT2D eigenvalue weighted by molar-refractivity contribution is 6.34. The van der Waals surface area contributed by atoms with E-state index < -0.39 is 6.10 Å². The van der Waals surface area contributed by atoms with Gasteiger partial charge in [-0.05, 0) is 18.6 Å². The van der Waals surface area contributed by atoms with Crippen molar-refractivity contribution in [2.24, 2.45) is 0 Å². The second-order valence-electron chi connectivity index (χ2n) is 4.75. The van der Waals surface area contributed by atoms with Crippen LogP contribution in [-0.2, 0) is 6.54 Å². The fraction of sp³-hybridized carbons (Fsp3) is 0.267. The number of benzene rings is 1. The number of hydrogen-bond donors (Lipinski definition) is 1. The number of hydrogen-bond acceptors (Lipinski definition) is 3. The topological polar surface area (TPSA) is 51.2 Å². The Hall–Kier alpha value is -1.78. The van der Waals surface area contributed by atoms with Crippen LogP contribution in [0.3, 0.4) is 0 Å². The first-order valence-electron chi connectivity index (χ1n) is 6.57. The monoisotopic (exact) mass is 290 g/mol. The highest BCUT2D eigenvalue weighted by Gasteiger charge is 2.18. The smallest absolute Gasteiger partial charge is 0.153 e. The largest absolute Gasteiger partial charge is 0.456 e. The summed E-state index contributed by atoms with van der Waals surface area (Å²) in [5.74, 6) is 0.476. The Morgan fingerprint density at radius 3 is 3.05 bits per heavy atom. The number of aryl methyl sites for hydroxylation is 1. The fourth-order valence-electron chi connectivity index (χ4n) is 2.22. The van der Waals surface area contributed by atoms with E-state index in [-0.39, 0.29) is 0 Å². The van der Waals surface area contributed by atoms with Gasteiger partial charge in [0, 0.05) is 23.7 Å². The first-order valence-corrected chi connectivity index (χ1v) is 6.95. The van der Waals surface area contributed by atoms with Gasteiger partial charge in [0.1, 0.15) is 11.9 Å². The van der Waals surface area contributed by atoms with E-state index in [4.69, 9.17) is 16.0 Å². The van der Waals surface area contributed by atoms with Crippen molar-refractivity contribution >= 4 is 22.6 Å². The minimum absolute atomic E-state index is 0.476. The number of aromatic nitrogens is 2. The fourth-order valence-corrected chi connectivity index (χ4v) is 2.44. The predicted octanol–water partition coefficient (Wildman–Crippen LogP) is 3.77. The Labute approximate surface area is 121 Å². The molecule has 0 radical (unpaired) electrons. The molecule has 0 bridgehead atoms. The molecule has 0 saturated carbocycles. The predicted molar refractivity (Wildman–Crippen MR) is 77.8 cm³/mol. The molecule has 0 saturated heterocycles. The minimum atomic E-state index is -0.830.